The lowest BCUT2D eigenvalue weighted by molar-refractivity contribution is -0.363. The molecule has 8 rings (SSSR count). The second-order valence-electron chi connectivity index (χ2n) is 23.0. The van der Waals surface area contributed by atoms with Crippen LogP contribution in [0.2, 0.25) is 0 Å². The highest BCUT2D eigenvalue weighted by molar-refractivity contribution is 5.90. The average Bonchev–Trinajstić information content (AvgIpc) is 1.11. The van der Waals surface area contributed by atoms with Crippen LogP contribution in [0.3, 0.4) is 0 Å². The van der Waals surface area contributed by atoms with E-state index in [2.05, 4.69) is 37.0 Å². The van der Waals surface area contributed by atoms with Crippen molar-refractivity contribution in [2.24, 2.45) is 50.9 Å². The molecule has 5 fully saturated rings. The molecule has 5 aliphatic heterocycles. The lowest BCUT2D eigenvalue weighted by Gasteiger charge is -2.51. The summed E-state index contributed by atoms with van der Waals surface area (Å²) >= 11 is 0. The first-order valence-electron chi connectivity index (χ1n) is 29.7. The maximum atomic E-state index is 14.2. The third-order valence-corrected chi connectivity index (χ3v) is 17.7. The molecule has 25 atom stereocenters. The second kappa shape index (κ2) is 30.5. The quantitative estimate of drug-likeness (QED) is 0.0297. The van der Waals surface area contributed by atoms with Gasteiger partial charge in [-0.3, -0.25) is 0 Å². The van der Waals surface area contributed by atoms with E-state index in [0.29, 0.717) is 12.0 Å². The lowest BCUT2D eigenvalue weighted by atomic mass is 9.81. The molecule has 0 aliphatic carbocycles. The first-order valence-corrected chi connectivity index (χ1v) is 29.7. The number of nitrogens with zero attached hydrogens (tertiary/aromatic N) is 9. The molecule has 25 nitrogen and oxygen atoms in total. The van der Waals surface area contributed by atoms with Crippen LogP contribution in [0, 0.1) is 35.5 Å². The minimum atomic E-state index is -1.59. The van der Waals surface area contributed by atoms with E-state index < -0.39 is 152 Å². The first kappa shape index (κ1) is 65.6. The van der Waals surface area contributed by atoms with Gasteiger partial charge in [-0.15, -0.1) is 0 Å². The number of ether oxygens (including phenoxy) is 13. The molecule has 0 bridgehead atoms. The van der Waals surface area contributed by atoms with Crippen LogP contribution in [0.25, 0.3) is 31.3 Å². The Morgan fingerprint density at radius 2 is 0.965 bits per heavy atom. The minimum Gasteiger partial charge on any atom is -0.467 e. The summed E-state index contributed by atoms with van der Waals surface area (Å²) in [5, 5.41) is 12.4. The lowest BCUT2D eigenvalue weighted by Crippen LogP contribution is -2.64. The zero-order valence-corrected chi connectivity index (χ0v) is 50.5. The molecule has 3 aromatic rings. The van der Waals surface area contributed by atoms with E-state index in [1.807, 2.05) is 71.9 Å². The fourth-order valence-electron chi connectivity index (χ4n) is 12.6. The largest absolute Gasteiger partial charge is 0.467 e. The molecule has 0 spiro atoms. The molecule has 0 aromatic heterocycles. The van der Waals surface area contributed by atoms with Crippen LogP contribution in [0.4, 0.5) is 0 Å². The maximum absolute atomic E-state index is 14.2. The smallest absolute Gasteiger partial charge is 0.338 e. The van der Waals surface area contributed by atoms with Crippen molar-refractivity contribution in [2.75, 3.05) is 13.7 Å². The number of carbonyl (C=O) groups excluding carboxylic acids is 3. The first-order chi connectivity index (χ1) is 41.5. The van der Waals surface area contributed by atoms with E-state index in [1.54, 1.807) is 81.4 Å². The number of azide groups is 3. The van der Waals surface area contributed by atoms with Gasteiger partial charge in [-0.1, -0.05) is 137 Å². The Morgan fingerprint density at radius 1 is 0.477 bits per heavy atom. The Labute approximate surface area is 501 Å². The molecule has 25 heteroatoms. The summed E-state index contributed by atoms with van der Waals surface area (Å²) in [4.78, 5) is 51.1. The summed E-state index contributed by atoms with van der Waals surface area (Å²) in [5.41, 5.74) is 30.9. The second-order valence-corrected chi connectivity index (χ2v) is 23.0. The molecule has 466 valence electrons. The highest BCUT2D eigenvalue weighted by atomic mass is 16.8. The number of methoxy groups -OCH3 is 1. The van der Waals surface area contributed by atoms with Crippen LogP contribution in [0.5, 0.6) is 0 Å². The Balaban J connectivity index is 1.07. The molecule has 0 saturated carbocycles. The van der Waals surface area contributed by atoms with Crippen molar-refractivity contribution >= 4 is 17.9 Å². The summed E-state index contributed by atoms with van der Waals surface area (Å²) in [6.45, 7) is 18.9. The van der Waals surface area contributed by atoms with E-state index in [0.717, 1.165) is 12.0 Å². The van der Waals surface area contributed by atoms with Crippen LogP contribution < -0.4 is 0 Å². The van der Waals surface area contributed by atoms with Crippen molar-refractivity contribution in [3.63, 3.8) is 0 Å². The van der Waals surface area contributed by atoms with Crippen LogP contribution in [0.1, 0.15) is 108 Å². The molecule has 5 aliphatic rings. The van der Waals surface area contributed by atoms with Gasteiger partial charge in [-0.25, -0.2) is 14.4 Å². The van der Waals surface area contributed by atoms with Crippen LogP contribution in [-0.2, 0) is 73.0 Å². The van der Waals surface area contributed by atoms with E-state index in [4.69, 9.17) is 61.6 Å². The molecule has 0 N–H and O–H groups in total. The van der Waals surface area contributed by atoms with E-state index in [1.165, 1.54) is 7.11 Å². The van der Waals surface area contributed by atoms with Crippen molar-refractivity contribution in [1.29, 1.82) is 0 Å². The molecular weight excluding hydrogens is 1110 g/mol. The van der Waals surface area contributed by atoms with Crippen molar-refractivity contribution in [2.45, 2.75) is 205 Å². The average molecular weight is 1200 g/mol. The zero-order chi connectivity index (χ0) is 61.8. The standard InChI is InChI=1S/C61H81N9O16/c1-12-42-31(3)32(4)46(66-69-63)58(79-42)82-48-35(7)52(75-29-39-23-17-14-18-24-39)60(78-38(48)10)83-49-34(6)47(67-70-64)59(80-43(49)13-2)85-51-36(8)53(81-56(72)41-27-21-16-22-28-41)61(86-54(51)57(73)74-11)84-50-33(5)45(65-68-62)37(9)77-44(50)30-76-55(71)40-25-19-15-20-26-40/h14-28,31-38,42-54,58-61H,12-13,29-30H2,1-11H3/t31-,32-,33+,34+,35-,36-,37+,38?,42?,43?,44?,45?,46?,47?,48-,49-,50-,51-,52?,53?,54?,58+,59+,60-,61+/m0/s1. The third-order valence-electron chi connectivity index (χ3n) is 17.7. The predicted octanol–water partition coefficient (Wildman–Crippen LogP) is 10.7. The minimum absolute atomic E-state index is 0.0404. The van der Waals surface area contributed by atoms with Gasteiger partial charge in [0.15, 0.2) is 37.4 Å². The van der Waals surface area contributed by atoms with Crippen LogP contribution >= 0.6 is 0 Å². The molecule has 3 aromatic carbocycles. The summed E-state index contributed by atoms with van der Waals surface area (Å²) < 4.78 is 84.8. The fraction of sp³-hybridized carbons (Fsp3) is 0.656. The van der Waals surface area contributed by atoms with Gasteiger partial charge in [-0.05, 0) is 96.8 Å². The molecule has 0 amide bonds. The summed E-state index contributed by atoms with van der Waals surface area (Å²) in [7, 11) is 1.18. The molecule has 0 radical (unpaired) electrons. The number of carbonyl (C=O) groups is 3. The van der Waals surface area contributed by atoms with Gasteiger partial charge < -0.3 is 61.6 Å². The van der Waals surface area contributed by atoms with Gasteiger partial charge in [-0.2, -0.15) is 0 Å². The highest BCUT2D eigenvalue weighted by Crippen LogP contribution is 2.44. The summed E-state index contributed by atoms with van der Waals surface area (Å²) in [6.07, 6.45) is -14.4. The number of rotatable bonds is 22. The third kappa shape index (κ3) is 14.9. The molecule has 5 heterocycles. The monoisotopic (exact) mass is 1200 g/mol. The van der Waals surface area contributed by atoms with Gasteiger partial charge in [0.05, 0.1) is 85.7 Å². The SMILES string of the molecule is CCC1O[C@H](O[C@@H]2C(C)O[C@@H](O[C@@H]3C(CC)O[C@H](O[C@@H]4C(C(=O)OC)O[C@@H](O[C@@H]5C(COC(=O)c6ccccc6)O[C@H](C)C(N=[N+]=[N-])[C@H]5C)C(OC(=O)c5ccccc5)[C@H]4C)C(N=[N+]=[N-])[C@H]3C)C(OCc3ccccc3)[C@H]2C)C(N=[N+]=[N-])[C@@H](C)[C@@H]1C. The number of benzene rings is 3. The van der Waals surface area contributed by atoms with Crippen molar-refractivity contribution in [1.82, 2.24) is 0 Å². The Bertz CT molecular complexity index is 2850. The van der Waals surface area contributed by atoms with Gasteiger partial charge in [0.25, 0.3) is 0 Å². The number of hydrogen-bond acceptors (Lipinski definition) is 19. The van der Waals surface area contributed by atoms with Crippen molar-refractivity contribution < 1.29 is 76.0 Å². The van der Waals surface area contributed by atoms with Gasteiger partial charge >= 0.3 is 17.9 Å². The van der Waals surface area contributed by atoms with Crippen molar-refractivity contribution in [3.05, 3.63) is 139 Å². The van der Waals surface area contributed by atoms with E-state index >= 15 is 0 Å². The topological polar surface area (TPSA) is 317 Å². The predicted molar refractivity (Wildman–Crippen MR) is 308 cm³/mol. The Hall–Kier alpha value is -6.40. The van der Waals surface area contributed by atoms with E-state index in [-0.39, 0.29) is 36.7 Å². The van der Waals surface area contributed by atoms with E-state index in [9.17, 15) is 31.0 Å². The molecule has 5 saturated heterocycles. The molecule has 10 unspecified atom stereocenters. The summed E-state index contributed by atoms with van der Waals surface area (Å²) in [6, 6.07) is 23.8. The molecular formula is C61H81N9O16. The Morgan fingerprint density at radius 3 is 1.55 bits per heavy atom. The summed E-state index contributed by atoms with van der Waals surface area (Å²) in [5.74, 6) is -4.87. The normalized spacial score (nSPS) is 37.9. The maximum Gasteiger partial charge on any atom is 0.338 e. The van der Waals surface area contributed by atoms with Crippen LogP contribution in [-0.4, -0.2) is 148 Å². The zero-order valence-electron chi connectivity index (χ0n) is 50.5. The highest BCUT2D eigenvalue weighted by Gasteiger charge is 2.57. The number of esters is 3. The van der Waals surface area contributed by atoms with Gasteiger partial charge in [0.2, 0.25) is 0 Å². The fourth-order valence-corrected chi connectivity index (χ4v) is 12.6. The van der Waals surface area contributed by atoms with Gasteiger partial charge in [0, 0.05) is 26.6 Å². The number of hydrogen-bond donors (Lipinski definition) is 0. The van der Waals surface area contributed by atoms with Crippen molar-refractivity contribution in [3.8, 4) is 0 Å². The Kier molecular flexibility index (Phi) is 23.2. The van der Waals surface area contributed by atoms with Crippen LogP contribution in [0.15, 0.2) is 106 Å². The van der Waals surface area contributed by atoms with Gasteiger partial charge in [0.1, 0.15) is 24.9 Å². The molecule has 86 heavy (non-hydrogen) atoms.